The van der Waals surface area contributed by atoms with Crippen molar-refractivity contribution < 1.29 is 32.3 Å². The van der Waals surface area contributed by atoms with Gasteiger partial charge >= 0.3 is 18.2 Å². The molecule has 1 aliphatic rings. The van der Waals surface area contributed by atoms with E-state index in [0.717, 1.165) is 43.1 Å². The Morgan fingerprint density at radius 3 is 2.44 bits per heavy atom. The molecule has 0 radical (unpaired) electrons. The van der Waals surface area contributed by atoms with E-state index in [1.54, 1.807) is 6.08 Å². The number of rotatable bonds is 11. The van der Waals surface area contributed by atoms with Gasteiger partial charge in [-0.25, -0.2) is 4.79 Å². The van der Waals surface area contributed by atoms with Crippen LogP contribution in [0.4, 0.5) is 23.0 Å². The van der Waals surface area contributed by atoms with E-state index in [1.165, 1.54) is 24.3 Å². The van der Waals surface area contributed by atoms with Crippen LogP contribution in [0.1, 0.15) is 67.4 Å². The van der Waals surface area contributed by atoms with E-state index in [-0.39, 0.29) is 45.5 Å². The van der Waals surface area contributed by atoms with Crippen molar-refractivity contribution in [2.24, 2.45) is 17.4 Å². The van der Waals surface area contributed by atoms with Crippen molar-refractivity contribution in [2.75, 3.05) is 11.9 Å². The number of amides is 3. The molecule has 0 spiro atoms. The minimum Gasteiger partial charge on any atom is -0.461 e. The summed E-state index contributed by atoms with van der Waals surface area (Å²) in [5.74, 6) is -0.968. The quantitative estimate of drug-likeness (QED) is 0.265. The van der Waals surface area contributed by atoms with Gasteiger partial charge in [-0.3, -0.25) is 14.9 Å². The fourth-order valence-electron chi connectivity index (χ4n) is 4.42. The number of urea groups is 1. The molecule has 12 heteroatoms. The number of carbonyl (C=O) groups excluding carboxylic acids is 3. The number of carbonyl (C=O) groups is 3. The molecule has 0 saturated heterocycles. The SMILES string of the molecule is CC(C)C[C@@H](NC/C=C/c1ccc(-c2cc(C(N)=O)c(NC(N)=O)s2)c(C(F)(F)F)c1)C(=O)OC1CCCC1. The lowest BCUT2D eigenvalue weighted by Crippen LogP contribution is -2.40. The molecule has 1 saturated carbocycles. The Labute approximate surface area is 229 Å². The molecule has 6 N–H and O–H groups in total. The van der Waals surface area contributed by atoms with Crippen LogP contribution in [0.5, 0.6) is 0 Å². The van der Waals surface area contributed by atoms with Crippen LogP contribution in [0, 0.1) is 5.92 Å². The van der Waals surface area contributed by atoms with E-state index in [0.29, 0.717) is 12.0 Å². The minimum absolute atomic E-state index is 0.0319. The van der Waals surface area contributed by atoms with Gasteiger partial charge in [0.05, 0.1) is 11.1 Å². The number of benzene rings is 1. The van der Waals surface area contributed by atoms with E-state index < -0.39 is 29.7 Å². The van der Waals surface area contributed by atoms with Gasteiger partial charge in [-0.05, 0) is 55.7 Å². The van der Waals surface area contributed by atoms with Gasteiger partial charge in [-0.1, -0.05) is 38.1 Å². The average molecular weight is 567 g/mol. The van der Waals surface area contributed by atoms with E-state index >= 15 is 0 Å². The maximum absolute atomic E-state index is 14.0. The third-order valence-corrected chi connectivity index (χ3v) is 7.30. The molecule has 3 amide bonds. The lowest BCUT2D eigenvalue weighted by molar-refractivity contribution is -0.151. The highest BCUT2D eigenvalue weighted by atomic mass is 32.1. The number of primary amides is 2. The zero-order valence-electron chi connectivity index (χ0n) is 21.8. The number of halogens is 3. The van der Waals surface area contributed by atoms with Crippen molar-refractivity contribution in [1.29, 1.82) is 0 Å². The van der Waals surface area contributed by atoms with Gasteiger partial charge in [0.15, 0.2) is 0 Å². The van der Waals surface area contributed by atoms with Gasteiger partial charge in [0.1, 0.15) is 17.1 Å². The van der Waals surface area contributed by atoms with E-state index in [4.69, 9.17) is 16.2 Å². The van der Waals surface area contributed by atoms with Crippen LogP contribution in [0.15, 0.2) is 30.3 Å². The fraction of sp³-hybridized carbons (Fsp3) is 0.444. The lowest BCUT2D eigenvalue weighted by Gasteiger charge is -2.21. The van der Waals surface area contributed by atoms with Crippen molar-refractivity contribution in [2.45, 2.75) is 64.3 Å². The predicted octanol–water partition coefficient (Wildman–Crippen LogP) is 5.53. The molecule has 39 heavy (non-hydrogen) atoms. The third kappa shape index (κ3) is 8.56. The largest absolute Gasteiger partial charge is 0.461 e. The first-order valence-corrected chi connectivity index (χ1v) is 13.5. The molecule has 0 unspecified atom stereocenters. The summed E-state index contributed by atoms with van der Waals surface area (Å²) in [4.78, 5) is 35.7. The van der Waals surface area contributed by atoms with Crippen LogP contribution in [0.2, 0.25) is 0 Å². The molecule has 1 heterocycles. The molecule has 0 aliphatic heterocycles. The standard InChI is InChI=1S/C27H33F3N4O4S/c1-15(2)12-21(25(36)38-17-7-3-4-8-17)33-11-5-6-16-9-10-18(20(13-16)27(28,29)30)22-14-19(23(31)35)24(39-22)34-26(32)37/h5-6,9-10,13-15,17,21,33H,3-4,7-8,11-12H2,1-2H3,(H2,31,35)(H3,32,34,37)/b6-5+/t21-/m1/s1. The summed E-state index contributed by atoms with van der Waals surface area (Å²) in [7, 11) is 0. The van der Waals surface area contributed by atoms with Crippen LogP contribution in [-0.2, 0) is 15.7 Å². The number of thiophene rings is 1. The van der Waals surface area contributed by atoms with Crippen LogP contribution < -0.4 is 22.1 Å². The number of nitrogens with one attached hydrogen (secondary N) is 2. The van der Waals surface area contributed by atoms with Gasteiger partial charge in [-0.15, -0.1) is 11.3 Å². The minimum atomic E-state index is -4.70. The molecule has 0 bridgehead atoms. The van der Waals surface area contributed by atoms with Crippen molar-refractivity contribution in [3.63, 3.8) is 0 Å². The van der Waals surface area contributed by atoms with Crippen molar-refractivity contribution in [3.8, 4) is 10.4 Å². The highest BCUT2D eigenvalue weighted by molar-refractivity contribution is 7.20. The second-order valence-corrected chi connectivity index (χ2v) is 10.9. The summed E-state index contributed by atoms with van der Waals surface area (Å²) >= 11 is 0.764. The molecule has 1 aliphatic carbocycles. The summed E-state index contributed by atoms with van der Waals surface area (Å²) < 4.78 is 47.6. The highest BCUT2D eigenvalue weighted by Crippen LogP contribution is 2.42. The lowest BCUT2D eigenvalue weighted by atomic mass is 10.0. The second-order valence-electron chi connectivity index (χ2n) is 9.85. The fourth-order valence-corrected chi connectivity index (χ4v) is 5.52. The Bertz CT molecular complexity index is 1220. The van der Waals surface area contributed by atoms with Gasteiger partial charge in [0.2, 0.25) is 0 Å². The first-order valence-electron chi connectivity index (χ1n) is 12.7. The number of alkyl halides is 3. The molecule has 2 aromatic rings. The van der Waals surface area contributed by atoms with Gasteiger partial charge < -0.3 is 21.5 Å². The molecular formula is C27H33F3N4O4S. The van der Waals surface area contributed by atoms with Crippen LogP contribution in [0.3, 0.4) is 0 Å². The first-order chi connectivity index (χ1) is 18.3. The monoisotopic (exact) mass is 566 g/mol. The number of hydrogen-bond donors (Lipinski definition) is 4. The van der Waals surface area contributed by atoms with Crippen molar-refractivity contribution >= 4 is 40.3 Å². The summed E-state index contributed by atoms with van der Waals surface area (Å²) in [5.41, 5.74) is 9.48. The zero-order chi connectivity index (χ0) is 28.7. The molecule has 3 rings (SSSR count). The van der Waals surface area contributed by atoms with Gasteiger partial charge in [0, 0.05) is 17.0 Å². The molecular weight excluding hydrogens is 533 g/mol. The average Bonchev–Trinajstić information content (AvgIpc) is 3.49. The van der Waals surface area contributed by atoms with E-state index in [9.17, 15) is 27.6 Å². The van der Waals surface area contributed by atoms with Gasteiger partial charge in [0.25, 0.3) is 5.91 Å². The summed E-state index contributed by atoms with van der Waals surface area (Å²) in [5, 5.41) is 5.33. The topological polar surface area (TPSA) is 137 Å². The summed E-state index contributed by atoms with van der Waals surface area (Å²) in [6, 6.07) is 3.51. The van der Waals surface area contributed by atoms with Crippen LogP contribution in [0.25, 0.3) is 16.5 Å². The highest BCUT2D eigenvalue weighted by Gasteiger charge is 2.35. The molecule has 1 atom stereocenters. The summed E-state index contributed by atoms with van der Waals surface area (Å²) in [6.45, 7) is 4.26. The Hall–Kier alpha value is -3.38. The number of nitrogens with two attached hydrogens (primary N) is 2. The maximum Gasteiger partial charge on any atom is 0.417 e. The Morgan fingerprint density at radius 1 is 1.15 bits per heavy atom. The van der Waals surface area contributed by atoms with Crippen LogP contribution in [-0.4, -0.2) is 36.6 Å². The molecule has 1 aromatic heterocycles. The first kappa shape index (κ1) is 30.2. The smallest absolute Gasteiger partial charge is 0.417 e. The normalized spacial score (nSPS) is 15.1. The third-order valence-electron chi connectivity index (χ3n) is 6.22. The molecule has 1 aromatic carbocycles. The number of ether oxygens (including phenoxy) is 1. The number of esters is 1. The Morgan fingerprint density at radius 2 is 1.85 bits per heavy atom. The predicted molar refractivity (Wildman–Crippen MR) is 145 cm³/mol. The maximum atomic E-state index is 14.0. The van der Waals surface area contributed by atoms with Gasteiger partial charge in [-0.2, -0.15) is 13.2 Å². The second kappa shape index (κ2) is 13.1. The number of anilines is 1. The van der Waals surface area contributed by atoms with Crippen molar-refractivity contribution in [1.82, 2.24) is 5.32 Å². The molecule has 212 valence electrons. The van der Waals surface area contributed by atoms with Crippen molar-refractivity contribution in [3.05, 3.63) is 47.0 Å². The Kier molecular flexibility index (Phi) is 10.1. The molecule has 8 nitrogen and oxygen atoms in total. The Balaban J connectivity index is 1.77. The van der Waals surface area contributed by atoms with E-state index in [2.05, 4.69) is 10.6 Å². The molecule has 1 fully saturated rings. The summed E-state index contributed by atoms with van der Waals surface area (Å²) in [6.07, 6.45) is 2.85. The number of hydrogen-bond acceptors (Lipinski definition) is 6. The van der Waals surface area contributed by atoms with Crippen LogP contribution >= 0.6 is 11.3 Å². The zero-order valence-corrected chi connectivity index (χ0v) is 22.6. The van der Waals surface area contributed by atoms with E-state index in [1.807, 2.05) is 13.8 Å².